The minimum atomic E-state index is -2.65. The summed E-state index contributed by atoms with van der Waals surface area (Å²) in [5.41, 5.74) is 1.11. The summed E-state index contributed by atoms with van der Waals surface area (Å²) in [4.78, 5) is 0. The molecule has 1 nitrogen and oxygen atoms in total. The zero-order chi connectivity index (χ0) is 15.1. The van der Waals surface area contributed by atoms with Gasteiger partial charge in [-0.15, -0.1) is 0 Å². The zero-order valence-corrected chi connectivity index (χ0v) is 13.5. The summed E-state index contributed by atoms with van der Waals surface area (Å²) in [6, 6.07) is 19.6. The van der Waals surface area contributed by atoms with Gasteiger partial charge in [0.25, 0.3) is 0 Å². The molecule has 2 aromatic carbocycles. The Morgan fingerprint density at radius 2 is 1.38 bits per heavy atom. The van der Waals surface area contributed by atoms with E-state index in [2.05, 4.69) is 0 Å². The maximum absolute atomic E-state index is 13.8. The first kappa shape index (κ1) is 15.5. The molecule has 2 aromatic rings. The summed E-state index contributed by atoms with van der Waals surface area (Å²) in [7, 11) is -2.65. The van der Waals surface area contributed by atoms with Gasteiger partial charge in [0.05, 0.1) is 0 Å². The van der Waals surface area contributed by atoms with Gasteiger partial charge in [-0.3, -0.25) is 0 Å². The molecule has 0 atom stereocenters. The Kier molecular flexibility index (Phi) is 5.36. The van der Waals surface area contributed by atoms with Crippen LogP contribution in [0.5, 0.6) is 0 Å². The van der Waals surface area contributed by atoms with Crippen LogP contribution in [0.3, 0.4) is 0 Å². The van der Waals surface area contributed by atoms with E-state index in [9.17, 15) is 4.57 Å². The molecule has 0 saturated carbocycles. The maximum atomic E-state index is 13.8. The monoisotopic (exact) mass is 296 g/mol. The molecule has 0 saturated heterocycles. The molecule has 0 aliphatic heterocycles. The molecule has 0 bridgehead atoms. The van der Waals surface area contributed by atoms with Crippen molar-refractivity contribution in [3.05, 3.63) is 84.5 Å². The first-order valence-corrected chi connectivity index (χ1v) is 9.08. The Morgan fingerprint density at radius 3 is 1.76 bits per heavy atom. The average Bonchev–Trinajstić information content (AvgIpc) is 2.56. The van der Waals surface area contributed by atoms with Crippen molar-refractivity contribution in [3.63, 3.8) is 0 Å². The molecule has 0 amide bonds. The van der Waals surface area contributed by atoms with E-state index in [0.29, 0.717) is 6.16 Å². The van der Waals surface area contributed by atoms with Crippen LogP contribution in [-0.2, 0) is 4.57 Å². The molecule has 0 unspecified atom stereocenters. The molecule has 108 valence electrons. The van der Waals surface area contributed by atoms with Gasteiger partial charge in [-0.1, -0.05) is 78.9 Å². The largest absolute Gasteiger partial charge is 0.313 e. The van der Waals surface area contributed by atoms with E-state index in [0.717, 1.165) is 16.2 Å². The molecule has 2 heteroatoms. The van der Waals surface area contributed by atoms with Crippen LogP contribution in [-0.4, -0.2) is 6.16 Å². The summed E-state index contributed by atoms with van der Waals surface area (Å²) in [6.07, 6.45) is 6.63. The van der Waals surface area contributed by atoms with E-state index >= 15 is 0 Å². The lowest BCUT2D eigenvalue weighted by atomic mass is 10.3. The minimum absolute atomic E-state index is 0.557. The summed E-state index contributed by atoms with van der Waals surface area (Å²) in [5, 5.41) is 1.83. The molecule has 0 heterocycles. The highest BCUT2D eigenvalue weighted by atomic mass is 31.2. The third kappa shape index (κ3) is 3.62. The van der Waals surface area contributed by atoms with Crippen LogP contribution in [0.1, 0.15) is 13.8 Å². The van der Waals surface area contributed by atoms with Crippen molar-refractivity contribution in [2.45, 2.75) is 13.8 Å². The zero-order valence-electron chi connectivity index (χ0n) is 12.6. The van der Waals surface area contributed by atoms with Crippen LogP contribution in [0.25, 0.3) is 0 Å². The van der Waals surface area contributed by atoms with Gasteiger partial charge < -0.3 is 4.57 Å². The summed E-state index contributed by atoms with van der Waals surface area (Å²) in [6.45, 7) is 3.98. The van der Waals surface area contributed by atoms with Crippen LogP contribution in [0.15, 0.2) is 84.5 Å². The molecule has 0 radical (unpaired) electrons. The van der Waals surface area contributed by atoms with E-state index in [4.69, 9.17) is 0 Å². The van der Waals surface area contributed by atoms with Crippen LogP contribution >= 0.6 is 7.14 Å². The first-order chi connectivity index (χ1) is 10.2. The normalized spacial score (nSPS) is 12.8. The third-order valence-electron chi connectivity index (χ3n) is 3.50. The van der Waals surface area contributed by atoms with Crippen molar-refractivity contribution >= 4 is 17.8 Å². The first-order valence-electron chi connectivity index (χ1n) is 7.19. The average molecular weight is 296 g/mol. The van der Waals surface area contributed by atoms with E-state index in [1.165, 1.54) is 0 Å². The molecule has 0 aromatic heterocycles. The predicted octanol–water partition coefficient (Wildman–Crippen LogP) is 4.52. The molecule has 0 aliphatic rings. The standard InChI is InChI=1S/C19H21OP/c1-3-11-17(4-2)16-21(20,18-12-7-5-8-13-18)19-14-9-6-10-15-19/h3-15H,16H2,1-2H3/b11-3-,17-4+. The molecule has 0 N–H and O–H groups in total. The van der Waals surface area contributed by atoms with E-state index in [1.54, 1.807) is 0 Å². The lowest BCUT2D eigenvalue weighted by molar-refractivity contribution is 0.588. The lowest BCUT2D eigenvalue weighted by Gasteiger charge is -2.20. The highest BCUT2D eigenvalue weighted by molar-refractivity contribution is 7.78. The van der Waals surface area contributed by atoms with Crippen molar-refractivity contribution in [2.24, 2.45) is 0 Å². The second-order valence-electron chi connectivity index (χ2n) is 4.93. The highest BCUT2D eigenvalue weighted by Gasteiger charge is 2.27. The molecular weight excluding hydrogens is 275 g/mol. The molecule has 0 fully saturated rings. The maximum Gasteiger partial charge on any atom is 0.147 e. The Balaban J connectivity index is 2.53. The number of hydrogen-bond acceptors (Lipinski definition) is 1. The summed E-state index contributed by atoms with van der Waals surface area (Å²) >= 11 is 0. The quantitative estimate of drug-likeness (QED) is 0.585. The summed E-state index contributed by atoms with van der Waals surface area (Å²) in [5.74, 6) is 0. The SMILES string of the molecule is C/C=C\C(=C/C)CP(=O)(c1ccccc1)c1ccccc1. The van der Waals surface area contributed by atoms with Crippen LogP contribution in [0, 0.1) is 0 Å². The fourth-order valence-corrected chi connectivity index (χ4v) is 5.15. The lowest BCUT2D eigenvalue weighted by Crippen LogP contribution is -2.19. The highest BCUT2D eigenvalue weighted by Crippen LogP contribution is 2.45. The van der Waals surface area contributed by atoms with Crippen molar-refractivity contribution in [2.75, 3.05) is 6.16 Å². The van der Waals surface area contributed by atoms with Gasteiger partial charge in [-0.05, 0) is 19.4 Å². The van der Waals surface area contributed by atoms with E-state index < -0.39 is 7.14 Å². The molecule has 0 aliphatic carbocycles. The van der Waals surface area contributed by atoms with Gasteiger partial charge in [0.1, 0.15) is 7.14 Å². The molecule has 2 rings (SSSR count). The fraction of sp³-hybridized carbons (Fsp3) is 0.158. The second kappa shape index (κ2) is 7.24. The predicted molar refractivity (Wildman–Crippen MR) is 93.2 cm³/mol. The van der Waals surface area contributed by atoms with Gasteiger partial charge in [0.15, 0.2) is 0 Å². The smallest absolute Gasteiger partial charge is 0.147 e. The van der Waals surface area contributed by atoms with Gasteiger partial charge >= 0.3 is 0 Å². The third-order valence-corrected chi connectivity index (χ3v) is 6.58. The number of rotatable bonds is 5. The van der Waals surface area contributed by atoms with Crippen LogP contribution in [0.2, 0.25) is 0 Å². The van der Waals surface area contributed by atoms with Crippen molar-refractivity contribution in [1.82, 2.24) is 0 Å². The summed E-state index contributed by atoms with van der Waals surface area (Å²) < 4.78 is 13.8. The van der Waals surface area contributed by atoms with Gasteiger partial charge in [0.2, 0.25) is 0 Å². The van der Waals surface area contributed by atoms with Crippen molar-refractivity contribution < 1.29 is 4.57 Å². The van der Waals surface area contributed by atoms with Crippen molar-refractivity contribution in [3.8, 4) is 0 Å². The Labute approximate surface area is 127 Å². The Bertz CT molecular complexity index is 626. The molecule has 21 heavy (non-hydrogen) atoms. The minimum Gasteiger partial charge on any atom is -0.313 e. The Morgan fingerprint density at radius 1 is 0.905 bits per heavy atom. The van der Waals surface area contributed by atoms with E-state index in [-0.39, 0.29) is 0 Å². The fourth-order valence-electron chi connectivity index (χ4n) is 2.38. The number of benzene rings is 2. The van der Waals surface area contributed by atoms with Crippen LogP contribution in [0.4, 0.5) is 0 Å². The molecule has 0 spiro atoms. The van der Waals surface area contributed by atoms with E-state index in [1.807, 2.05) is 92.7 Å². The van der Waals surface area contributed by atoms with Gasteiger partial charge in [-0.25, -0.2) is 0 Å². The van der Waals surface area contributed by atoms with Crippen LogP contribution < -0.4 is 10.6 Å². The number of allylic oxidation sites excluding steroid dienone is 4. The van der Waals surface area contributed by atoms with Gasteiger partial charge in [-0.2, -0.15) is 0 Å². The topological polar surface area (TPSA) is 17.1 Å². The Hall–Kier alpha value is -1.85. The molecular formula is C19H21OP. The van der Waals surface area contributed by atoms with Gasteiger partial charge in [0, 0.05) is 16.8 Å². The second-order valence-corrected chi connectivity index (χ2v) is 7.76. The van der Waals surface area contributed by atoms with Crippen molar-refractivity contribution in [1.29, 1.82) is 0 Å². The number of hydrogen-bond donors (Lipinski definition) is 0.